The number of H-pyrrole nitrogens is 1. The molecule has 1 N–H and O–H groups in total. The first-order valence-corrected chi connectivity index (χ1v) is 10.1. The lowest BCUT2D eigenvalue weighted by molar-refractivity contribution is 0.167. The van der Waals surface area contributed by atoms with Crippen LogP contribution in [0.3, 0.4) is 0 Å². The molecule has 6 nitrogen and oxygen atoms in total. The van der Waals surface area contributed by atoms with Crippen molar-refractivity contribution in [3.8, 4) is 11.4 Å². The van der Waals surface area contributed by atoms with Gasteiger partial charge in [-0.1, -0.05) is 23.8 Å². The van der Waals surface area contributed by atoms with Gasteiger partial charge in [0.1, 0.15) is 23.4 Å². The van der Waals surface area contributed by atoms with E-state index in [9.17, 15) is 14.0 Å². The Morgan fingerprint density at radius 2 is 2.13 bits per heavy atom. The molecule has 3 heterocycles. The molecule has 0 saturated carbocycles. The van der Waals surface area contributed by atoms with Crippen LogP contribution in [0.25, 0.3) is 11.8 Å². The summed E-state index contributed by atoms with van der Waals surface area (Å²) in [6.07, 6.45) is 7.10. The van der Waals surface area contributed by atoms with Crippen LogP contribution in [0.15, 0.2) is 46.1 Å². The monoisotopic (exact) mass is 425 g/mol. The van der Waals surface area contributed by atoms with Crippen molar-refractivity contribution in [1.82, 2.24) is 14.5 Å². The number of allylic oxidation sites excluding steroid dienone is 1. The number of nitrogens with zero attached hydrogens (tertiary/aromatic N) is 2. The van der Waals surface area contributed by atoms with Gasteiger partial charge in [0, 0.05) is 18.0 Å². The topological polar surface area (TPSA) is 77.0 Å². The third-order valence-corrected chi connectivity index (χ3v) is 5.78. The zero-order valence-corrected chi connectivity index (χ0v) is 16.6. The third-order valence-electron chi connectivity index (χ3n) is 5.47. The third kappa shape index (κ3) is 3.06. The van der Waals surface area contributed by atoms with Crippen LogP contribution in [-0.4, -0.2) is 14.5 Å². The van der Waals surface area contributed by atoms with Gasteiger partial charge in [-0.15, -0.1) is 0 Å². The summed E-state index contributed by atoms with van der Waals surface area (Å²) in [5.74, 6) is 0.0181. The molecule has 0 radical (unpaired) electrons. The Kier molecular flexibility index (Phi) is 4.55. The molecule has 5 rings (SSSR count). The molecule has 1 aromatic carbocycles. The predicted molar refractivity (Wildman–Crippen MR) is 111 cm³/mol. The normalized spacial score (nSPS) is 17.2. The molecule has 0 amide bonds. The molecule has 0 spiro atoms. The molecule has 30 heavy (non-hydrogen) atoms. The van der Waals surface area contributed by atoms with Gasteiger partial charge in [0.05, 0.1) is 16.3 Å². The van der Waals surface area contributed by atoms with Gasteiger partial charge < -0.3 is 9.72 Å². The molecule has 0 bridgehead atoms. The number of halogens is 2. The van der Waals surface area contributed by atoms with Crippen LogP contribution in [0.1, 0.15) is 41.5 Å². The molecule has 0 fully saturated rings. The van der Waals surface area contributed by atoms with Gasteiger partial charge in [0.15, 0.2) is 0 Å². The van der Waals surface area contributed by atoms with Crippen molar-refractivity contribution in [2.45, 2.75) is 31.8 Å². The fourth-order valence-corrected chi connectivity index (χ4v) is 4.27. The van der Waals surface area contributed by atoms with Crippen LogP contribution >= 0.6 is 11.6 Å². The molecule has 2 aliphatic rings. The second-order valence-electron chi connectivity index (χ2n) is 7.33. The fraction of sp³-hybridized carbons (Fsp3) is 0.227. The van der Waals surface area contributed by atoms with Crippen molar-refractivity contribution >= 4 is 17.7 Å². The minimum atomic E-state index is -0.561. The number of nitrogens with one attached hydrogen (secondary N) is 1. The first kappa shape index (κ1) is 18.8. The fourth-order valence-electron chi connectivity index (χ4n) is 4.00. The van der Waals surface area contributed by atoms with Gasteiger partial charge >= 0.3 is 5.69 Å². The summed E-state index contributed by atoms with van der Waals surface area (Å²) in [5, 5.41) is 0.271. The number of hydrogen-bond acceptors (Lipinski definition) is 4. The van der Waals surface area contributed by atoms with E-state index in [1.807, 2.05) is 6.08 Å². The molecular weight excluding hydrogens is 409 g/mol. The maximum absolute atomic E-state index is 14.2. The smallest absolute Gasteiger partial charge is 0.333 e. The number of ether oxygens (including phenoxy) is 1. The Balaban J connectivity index is 1.61. The van der Waals surface area contributed by atoms with Gasteiger partial charge in [-0.05, 0) is 49.4 Å². The first-order valence-electron chi connectivity index (χ1n) is 9.67. The molecular formula is C22H17ClFN3O3. The van der Waals surface area contributed by atoms with Crippen molar-refractivity contribution in [3.05, 3.63) is 90.7 Å². The maximum atomic E-state index is 14.2. The number of rotatable bonds is 2. The average Bonchev–Trinajstić information content (AvgIpc) is 2.74. The summed E-state index contributed by atoms with van der Waals surface area (Å²) in [7, 11) is 0. The summed E-state index contributed by atoms with van der Waals surface area (Å²) in [4.78, 5) is 32.6. The largest absolute Gasteiger partial charge is 0.484 e. The first-order chi connectivity index (χ1) is 14.5. The molecule has 1 atom stereocenters. The highest BCUT2D eigenvalue weighted by Gasteiger charge is 2.27. The highest BCUT2D eigenvalue weighted by Crippen LogP contribution is 2.38. The molecule has 1 aliphatic heterocycles. The van der Waals surface area contributed by atoms with E-state index in [-0.39, 0.29) is 16.4 Å². The maximum Gasteiger partial charge on any atom is 0.333 e. The SMILES string of the molecule is O=c1[nH]c2c(c(=O)n1-c1cc3c(cc1Cl)CCC(c1ncccc1F)O3)C=CCC2. The molecule has 8 heteroatoms. The van der Waals surface area contributed by atoms with Crippen LogP contribution in [0.4, 0.5) is 4.39 Å². The average molecular weight is 426 g/mol. The number of aryl methyl sites for hydroxylation is 2. The summed E-state index contributed by atoms with van der Waals surface area (Å²) in [6, 6.07) is 6.13. The van der Waals surface area contributed by atoms with Gasteiger partial charge in [-0.2, -0.15) is 0 Å². The van der Waals surface area contributed by atoms with Gasteiger partial charge in [0.2, 0.25) is 0 Å². The molecule has 152 valence electrons. The number of aromatic amines is 1. The Morgan fingerprint density at radius 3 is 2.97 bits per heavy atom. The van der Waals surface area contributed by atoms with E-state index in [1.165, 1.54) is 18.3 Å². The number of hydrogen-bond donors (Lipinski definition) is 1. The quantitative estimate of drug-likeness (QED) is 0.678. The minimum Gasteiger partial charge on any atom is -0.484 e. The molecule has 2 aromatic heterocycles. The summed E-state index contributed by atoms with van der Waals surface area (Å²) in [6.45, 7) is 0. The van der Waals surface area contributed by atoms with Crippen molar-refractivity contribution < 1.29 is 9.13 Å². The second kappa shape index (κ2) is 7.25. The molecule has 0 saturated heterocycles. The lowest BCUT2D eigenvalue weighted by Gasteiger charge is -2.27. The van der Waals surface area contributed by atoms with E-state index >= 15 is 0 Å². The van der Waals surface area contributed by atoms with E-state index in [1.54, 1.807) is 18.2 Å². The standard InChI is InChI=1S/C22H17ClFN3O3/c23-14-10-12-7-8-18(20-15(24)5-3-9-25-20)30-19(12)11-17(14)27-21(28)13-4-1-2-6-16(13)26-22(27)29/h1,3-5,9-11,18H,2,6-8H2,(H,26,29). The lowest BCUT2D eigenvalue weighted by atomic mass is 9.99. The van der Waals surface area contributed by atoms with Crippen molar-refractivity contribution in [2.24, 2.45) is 0 Å². The van der Waals surface area contributed by atoms with E-state index in [0.717, 1.165) is 16.6 Å². The predicted octanol–water partition coefficient (Wildman–Crippen LogP) is 3.74. The van der Waals surface area contributed by atoms with Crippen LogP contribution in [0.2, 0.25) is 5.02 Å². The summed E-state index contributed by atoms with van der Waals surface area (Å²) >= 11 is 6.44. The summed E-state index contributed by atoms with van der Waals surface area (Å²) < 4.78 is 21.2. The zero-order valence-electron chi connectivity index (χ0n) is 15.8. The Labute approximate surface area is 175 Å². The Morgan fingerprint density at radius 1 is 1.27 bits per heavy atom. The van der Waals surface area contributed by atoms with Crippen LogP contribution in [-0.2, 0) is 12.8 Å². The highest BCUT2D eigenvalue weighted by molar-refractivity contribution is 6.32. The molecule has 1 aliphatic carbocycles. The summed E-state index contributed by atoms with van der Waals surface area (Å²) in [5.41, 5.74) is 1.37. The van der Waals surface area contributed by atoms with E-state index in [0.29, 0.717) is 36.3 Å². The number of aromatic nitrogens is 3. The van der Waals surface area contributed by atoms with E-state index in [4.69, 9.17) is 16.3 Å². The Bertz CT molecular complexity index is 1310. The lowest BCUT2D eigenvalue weighted by Crippen LogP contribution is -2.37. The zero-order chi connectivity index (χ0) is 20.8. The number of benzene rings is 1. The van der Waals surface area contributed by atoms with Gasteiger partial charge in [0.25, 0.3) is 5.56 Å². The Hall–Kier alpha value is -3.19. The second-order valence-corrected chi connectivity index (χ2v) is 7.74. The highest BCUT2D eigenvalue weighted by atomic mass is 35.5. The van der Waals surface area contributed by atoms with E-state index < -0.39 is 23.2 Å². The van der Waals surface area contributed by atoms with Crippen molar-refractivity contribution in [2.75, 3.05) is 0 Å². The number of fused-ring (bicyclic) bond motifs is 2. The molecule has 1 unspecified atom stereocenters. The van der Waals surface area contributed by atoms with Crippen LogP contribution < -0.4 is 16.0 Å². The van der Waals surface area contributed by atoms with E-state index in [2.05, 4.69) is 9.97 Å². The van der Waals surface area contributed by atoms with Gasteiger partial charge in [-0.25, -0.2) is 13.8 Å². The van der Waals surface area contributed by atoms with Crippen molar-refractivity contribution in [1.29, 1.82) is 0 Å². The molecule has 3 aromatic rings. The van der Waals surface area contributed by atoms with Crippen LogP contribution in [0.5, 0.6) is 5.75 Å². The van der Waals surface area contributed by atoms with Gasteiger partial charge in [-0.3, -0.25) is 9.78 Å². The minimum absolute atomic E-state index is 0.227. The van der Waals surface area contributed by atoms with Crippen molar-refractivity contribution in [3.63, 3.8) is 0 Å². The van der Waals surface area contributed by atoms with Crippen LogP contribution in [0, 0.1) is 5.82 Å². The number of pyridine rings is 1.